The van der Waals surface area contributed by atoms with E-state index in [1.807, 2.05) is 0 Å². The van der Waals surface area contributed by atoms with Crippen molar-refractivity contribution in [2.75, 3.05) is 0 Å². The van der Waals surface area contributed by atoms with Crippen molar-refractivity contribution in [2.45, 2.75) is 43.7 Å². The van der Waals surface area contributed by atoms with Crippen molar-refractivity contribution < 1.29 is 30.7 Å². The van der Waals surface area contributed by atoms with Gasteiger partial charge in [-0.1, -0.05) is 0 Å². The first-order valence-electron chi connectivity index (χ1n) is 5.93. The van der Waals surface area contributed by atoms with Gasteiger partial charge >= 0.3 is 18.0 Å². The highest BCUT2D eigenvalue weighted by Crippen LogP contribution is 2.52. The van der Waals surface area contributed by atoms with Crippen molar-refractivity contribution in [3.05, 3.63) is 21.7 Å². The third-order valence-corrected chi connectivity index (χ3v) is 3.47. The van der Waals surface area contributed by atoms with Gasteiger partial charge in [0.15, 0.2) is 4.77 Å². The third-order valence-electron chi connectivity index (χ3n) is 3.27. The Morgan fingerprint density at radius 2 is 1.52 bits per heavy atom. The average molecular weight is 334 g/mol. The Morgan fingerprint density at radius 3 is 2.10 bits per heavy atom. The van der Waals surface area contributed by atoms with Gasteiger partial charge in [-0.3, -0.25) is 0 Å². The number of H-pyrrole nitrogens is 1. The molecule has 1 aliphatic rings. The molecule has 0 fully saturated rings. The standard InChI is InChI=1S/C11H9F7N2S/c12-9(13,10(14,15)11(16,17)18)7-5-3-1-2-4-6(5)19-8(21)20-7/h1-4H2,(H,19,20,21). The molecule has 0 saturated carbocycles. The van der Waals surface area contributed by atoms with E-state index in [1.165, 1.54) is 0 Å². The Hall–Kier alpha value is -1.19. The van der Waals surface area contributed by atoms with Gasteiger partial charge in [-0.25, -0.2) is 4.98 Å². The summed E-state index contributed by atoms with van der Waals surface area (Å²) in [6, 6.07) is 0. The van der Waals surface area contributed by atoms with Gasteiger partial charge in [-0.15, -0.1) is 0 Å². The molecule has 21 heavy (non-hydrogen) atoms. The molecule has 0 amide bonds. The average Bonchev–Trinajstić information content (AvgIpc) is 2.36. The minimum Gasteiger partial charge on any atom is -0.334 e. The zero-order valence-corrected chi connectivity index (χ0v) is 11.1. The number of hydrogen-bond donors (Lipinski definition) is 1. The van der Waals surface area contributed by atoms with Crippen LogP contribution in [0.2, 0.25) is 0 Å². The highest BCUT2D eigenvalue weighted by molar-refractivity contribution is 7.71. The van der Waals surface area contributed by atoms with Gasteiger partial charge < -0.3 is 4.98 Å². The van der Waals surface area contributed by atoms with E-state index < -0.39 is 28.5 Å². The minimum absolute atomic E-state index is 0.0483. The van der Waals surface area contributed by atoms with Crippen molar-refractivity contribution in [3.8, 4) is 0 Å². The Morgan fingerprint density at radius 1 is 0.952 bits per heavy atom. The molecule has 2 nitrogen and oxygen atoms in total. The van der Waals surface area contributed by atoms with Crippen LogP contribution in [-0.2, 0) is 18.8 Å². The first-order chi connectivity index (χ1) is 9.48. The van der Waals surface area contributed by atoms with Gasteiger partial charge in [0.05, 0.1) is 0 Å². The summed E-state index contributed by atoms with van der Waals surface area (Å²) in [5.74, 6) is -11.7. The lowest BCUT2D eigenvalue weighted by molar-refractivity contribution is -0.360. The Kier molecular flexibility index (Phi) is 3.79. The fraction of sp³-hybridized carbons (Fsp3) is 0.636. The van der Waals surface area contributed by atoms with Crippen molar-refractivity contribution >= 4 is 12.2 Å². The Bertz CT molecular complexity index is 606. The fourth-order valence-electron chi connectivity index (χ4n) is 2.22. The molecular formula is C11H9F7N2S. The number of rotatable bonds is 2. The number of fused-ring (bicyclic) bond motifs is 1. The van der Waals surface area contributed by atoms with E-state index in [0.29, 0.717) is 12.8 Å². The predicted molar refractivity (Wildman–Crippen MR) is 61.0 cm³/mol. The van der Waals surface area contributed by atoms with Gasteiger partial charge in [0.25, 0.3) is 0 Å². The van der Waals surface area contributed by atoms with E-state index in [1.54, 1.807) is 0 Å². The molecule has 1 aromatic heterocycles. The summed E-state index contributed by atoms with van der Waals surface area (Å²) in [4.78, 5) is 5.54. The molecule has 0 atom stereocenters. The van der Waals surface area contributed by atoms with Crippen LogP contribution < -0.4 is 0 Å². The number of alkyl halides is 7. The van der Waals surface area contributed by atoms with Crippen LogP contribution in [0.4, 0.5) is 30.7 Å². The molecule has 1 heterocycles. The lowest BCUT2D eigenvalue weighted by atomic mass is 9.91. The molecule has 2 rings (SSSR count). The highest BCUT2D eigenvalue weighted by atomic mass is 32.1. The molecule has 0 bridgehead atoms. The smallest absolute Gasteiger partial charge is 0.334 e. The molecular weight excluding hydrogens is 325 g/mol. The number of nitrogens with zero attached hydrogens (tertiary/aromatic N) is 1. The molecule has 0 saturated heterocycles. The normalized spacial score (nSPS) is 16.7. The molecule has 1 aromatic rings. The van der Waals surface area contributed by atoms with Crippen molar-refractivity contribution in [1.82, 2.24) is 9.97 Å². The topological polar surface area (TPSA) is 28.7 Å². The molecule has 0 spiro atoms. The maximum Gasteiger partial charge on any atom is 0.460 e. The molecule has 1 N–H and O–H groups in total. The second-order valence-electron chi connectivity index (χ2n) is 4.70. The second-order valence-corrected chi connectivity index (χ2v) is 5.09. The summed E-state index contributed by atoms with van der Waals surface area (Å²) >= 11 is 4.54. The van der Waals surface area contributed by atoms with E-state index >= 15 is 0 Å². The molecule has 1 aliphatic carbocycles. The monoisotopic (exact) mass is 334 g/mol. The maximum absolute atomic E-state index is 13.8. The zero-order chi connectivity index (χ0) is 16.1. The zero-order valence-electron chi connectivity index (χ0n) is 10.3. The van der Waals surface area contributed by atoms with Crippen molar-refractivity contribution in [1.29, 1.82) is 0 Å². The van der Waals surface area contributed by atoms with Gasteiger partial charge in [0.1, 0.15) is 5.69 Å². The van der Waals surface area contributed by atoms with Crippen LogP contribution in [0, 0.1) is 4.77 Å². The van der Waals surface area contributed by atoms with Gasteiger partial charge in [0, 0.05) is 5.69 Å². The number of aromatic nitrogens is 2. The number of aromatic amines is 1. The van der Waals surface area contributed by atoms with E-state index in [4.69, 9.17) is 0 Å². The van der Waals surface area contributed by atoms with Crippen LogP contribution >= 0.6 is 12.2 Å². The lowest BCUT2D eigenvalue weighted by Crippen LogP contribution is -2.51. The molecule has 0 aromatic carbocycles. The van der Waals surface area contributed by atoms with Crippen LogP contribution in [-0.4, -0.2) is 22.1 Å². The Labute approximate surface area is 119 Å². The number of aryl methyl sites for hydroxylation is 1. The van der Waals surface area contributed by atoms with Crippen LogP contribution in [0.15, 0.2) is 0 Å². The van der Waals surface area contributed by atoms with Crippen molar-refractivity contribution in [2.24, 2.45) is 0 Å². The summed E-state index contributed by atoms with van der Waals surface area (Å²) < 4.78 is 90.1. The number of halogens is 7. The third kappa shape index (κ3) is 2.53. The first kappa shape index (κ1) is 16.2. The molecule has 0 aliphatic heterocycles. The fourth-order valence-corrected chi connectivity index (χ4v) is 2.43. The summed E-state index contributed by atoms with van der Waals surface area (Å²) in [6.07, 6.45) is -5.18. The van der Waals surface area contributed by atoms with E-state index in [-0.39, 0.29) is 24.1 Å². The predicted octanol–water partition coefficient (Wildman–Crippen LogP) is 4.31. The molecule has 0 unspecified atom stereocenters. The van der Waals surface area contributed by atoms with Gasteiger partial charge in [0.2, 0.25) is 0 Å². The molecule has 10 heteroatoms. The van der Waals surface area contributed by atoms with Crippen LogP contribution in [0.1, 0.15) is 29.8 Å². The lowest BCUT2D eigenvalue weighted by Gasteiger charge is -2.30. The molecule has 118 valence electrons. The quantitative estimate of drug-likeness (QED) is 0.645. The SMILES string of the molecule is FC(F)(F)C(F)(F)C(F)(F)c1nc(=S)[nH]c2c1CCCC2. The van der Waals surface area contributed by atoms with Crippen LogP contribution in [0.25, 0.3) is 0 Å². The maximum atomic E-state index is 13.8. The number of nitrogens with one attached hydrogen (secondary N) is 1. The summed E-state index contributed by atoms with van der Waals surface area (Å²) in [5.41, 5.74) is -1.74. The van der Waals surface area contributed by atoms with E-state index in [9.17, 15) is 30.7 Å². The van der Waals surface area contributed by atoms with E-state index in [2.05, 4.69) is 22.2 Å². The second kappa shape index (κ2) is 4.92. The summed E-state index contributed by atoms with van der Waals surface area (Å²) in [5, 5.41) is 0. The summed E-state index contributed by atoms with van der Waals surface area (Å²) in [7, 11) is 0. The van der Waals surface area contributed by atoms with E-state index in [0.717, 1.165) is 0 Å². The minimum atomic E-state index is -6.39. The molecule has 0 radical (unpaired) electrons. The Balaban J connectivity index is 2.65. The van der Waals surface area contributed by atoms with Gasteiger partial charge in [-0.05, 0) is 43.5 Å². The highest BCUT2D eigenvalue weighted by Gasteiger charge is 2.74. The first-order valence-corrected chi connectivity index (χ1v) is 6.34. The van der Waals surface area contributed by atoms with Gasteiger partial charge in [-0.2, -0.15) is 30.7 Å². The van der Waals surface area contributed by atoms with Crippen LogP contribution in [0.5, 0.6) is 0 Å². The largest absolute Gasteiger partial charge is 0.460 e. The van der Waals surface area contributed by atoms with Crippen molar-refractivity contribution in [3.63, 3.8) is 0 Å². The number of hydrogen-bond acceptors (Lipinski definition) is 2. The summed E-state index contributed by atoms with van der Waals surface area (Å²) in [6.45, 7) is 0. The van der Waals surface area contributed by atoms with Crippen LogP contribution in [0.3, 0.4) is 0 Å².